The Morgan fingerprint density at radius 2 is 2.18 bits per heavy atom. The fraction of sp³-hybridized carbons (Fsp3) is 0.733. The summed E-state index contributed by atoms with van der Waals surface area (Å²) in [5.74, 6) is 0.606. The van der Waals surface area contributed by atoms with Crippen molar-refractivity contribution >= 4 is 5.91 Å². The zero-order chi connectivity index (χ0) is 16.3. The first kappa shape index (κ1) is 16.8. The minimum absolute atomic E-state index is 0.0981. The van der Waals surface area contributed by atoms with Crippen LogP contribution in [0.4, 0.5) is 13.2 Å². The van der Waals surface area contributed by atoms with Crippen LogP contribution in [0, 0.1) is 0 Å². The van der Waals surface area contributed by atoms with E-state index in [0.29, 0.717) is 13.1 Å². The first-order valence-corrected chi connectivity index (χ1v) is 7.65. The number of hydrogen-bond donors (Lipinski definition) is 0. The quantitative estimate of drug-likeness (QED) is 0.852. The van der Waals surface area contributed by atoms with Crippen LogP contribution in [-0.4, -0.2) is 39.6 Å². The zero-order valence-corrected chi connectivity index (χ0v) is 12.9. The van der Waals surface area contributed by atoms with E-state index in [0.717, 1.165) is 18.7 Å². The number of piperidine rings is 1. The van der Waals surface area contributed by atoms with Crippen LogP contribution in [0.15, 0.2) is 12.4 Å². The fourth-order valence-electron chi connectivity index (χ4n) is 2.90. The molecule has 0 saturated carbocycles. The summed E-state index contributed by atoms with van der Waals surface area (Å²) in [6, 6.07) is 0.272. The Hall–Kier alpha value is -1.53. The number of halogens is 3. The minimum atomic E-state index is -4.28. The van der Waals surface area contributed by atoms with E-state index in [4.69, 9.17) is 0 Å². The number of amides is 1. The molecule has 0 bridgehead atoms. The third-order valence-corrected chi connectivity index (χ3v) is 4.02. The van der Waals surface area contributed by atoms with Gasteiger partial charge in [0.1, 0.15) is 5.82 Å². The van der Waals surface area contributed by atoms with Crippen molar-refractivity contribution < 1.29 is 18.0 Å². The molecule has 0 aliphatic carbocycles. The van der Waals surface area contributed by atoms with Gasteiger partial charge in [0.25, 0.3) is 0 Å². The number of carbonyl (C=O) groups excluding carboxylic acids is 1. The molecule has 124 valence electrons. The lowest BCUT2D eigenvalue weighted by atomic mass is 9.96. The van der Waals surface area contributed by atoms with Gasteiger partial charge < -0.3 is 9.47 Å². The van der Waals surface area contributed by atoms with Crippen molar-refractivity contribution in [1.82, 2.24) is 14.5 Å². The number of carbonyl (C=O) groups is 1. The van der Waals surface area contributed by atoms with Crippen molar-refractivity contribution in [2.24, 2.45) is 0 Å². The van der Waals surface area contributed by atoms with E-state index in [9.17, 15) is 18.0 Å². The Balaban J connectivity index is 1.99. The standard InChI is InChI=1S/C15H22F3N3O/c1-11(2)21-9-7-19-14(21)12-4-3-8-20(10-12)13(22)5-6-15(16,17)18/h7,9,11-12H,3-6,8,10H2,1-2H3. The maximum atomic E-state index is 12.2. The number of likely N-dealkylation sites (tertiary alicyclic amines) is 1. The molecular weight excluding hydrogens is 295 g/mol. The number of imidazole rings is 1. The molecule has 1 amide bonds. The average Bonchev–Trinajstić information content (AvgIpc) is 2.93. The molecule has 0 spiro atoms. The van der Waals surface area contributed by atoms with Crippen molar-refractivity contribution in [3.63, 3.8) is 0 Å². The van der Waals surface area contributed by atoms with E-state index in [-0.39, 0.29) is 12.0 Å². The van der Waals surface area contributed by atoms with Gasteiger partial charge in [-0.25, -0.2) is 4.98 Å². The Morgan fingerprint density at radius 3 is 2.82 bits per heavy atom. The van der Waals surface area contributed by atoms with E-state index >= 15 is 0 Å². The summed E-state index contributed by atoms with van der Waals surface area (Å²) < 4.78 is 38.8. The van der Waals surface area contributed by atoms with Crippen LogP contribution in [0.1, 0.15) is 57.3 Å². The van der Waals surface area contributed by atoms with Crippen LogP contribution < -0.4 is 0 Å². The maximum Gasteiger partial charge on any atom is 0.389 e. The van der Waals surface area contributed by atoms with Gasteiger partial charge in [-0.2, -0.15) is 13.2 Å². The Bertz CT molecular complexity index is 510. The van der Waals surface area contributed by atoms with Crippen molar-refractivity contribution in [1.29, 1.82) is 0 Å². The van der Waals surface area contributed by atoms with Gasteiger partial charge in [-0.3, -0.25) is 4.79 Å². The van der Waals surface area contributed by atoms with E-state index < -0.39 is 24.9 Å². The number of alkyl halides is 3. The van der Waals surface area contributed by atoms with Crippen LogP contribution >= 0.6 is 0 Å². The number of hydrogen-bond acceptors (Lipinski definition) is 2. The number of aromatic nitrogens is 2. The van der Waals surface area contributed by atoms with Gasteiger partial charge in [-0.15, -0.1) is 0 Å². The normalized spacial score (nSPS) is 19.7. The summed E-state index contributed by atoms with van der Waals surface area (Å²) in [6.07, 6.45) is -0.439. The van der Waals surface area contributed by atoms with Crippen molar-refractivity contribution in [2.45, 2.75) is 57.7 Å². The molecule has 1 aromatic heterocycles. The zero-order valence-electron chi connectivity index (χ0n) is 12.9. The number of rotatable bonds is 4. The van der Waals surface area contributed by atoms with E-state index in [1.165, 1.54) is 0 Å². The molecule has 2 heterocycles. The molecule has 0 radical (unpaired) electrons. The minimum Gasteiger partial charge on any atom is -0.342 e. The molecule has 1 aliphatic rings. The van der Waals surface area contributed by atoms with Gasteiger partial charge in [0.15, 0.2) is 0 Å². The summed E-state index contributed by atoms with van der Waals surface area (Å²) in [5.41, 5.74) is 0. The SMILES string of the molecule is CC(C)n1ccnc1C1CCCN(C(=O)CCC(F)(F)F)C1. The first-order valence-electron chi connectivity index (χ1n) is 7.65. The maximum absolute atomic E-state index is 12.2. The molecule has 1 atom stereocenters. The third kappa shape index (κ3) is 4.24. The van der Waals surface area contributed by atoms with Crippen molar-refractivity contribution in [3.05, 3.63) is 18.2 Å². The second kappa shape index (κ2) is 6.71. The molecule has 1 aliphatic heterocycles. The van der Waals surface area contributed by atoms with Gasteiger partial charge in [0, 0.05) is 43.9 Å². The second-order valence-electron chi connectivity index (χ2n) is 6.08. The van der Waals surface area contributed by atoms with E-state index in [2.05, 4.69) is 23.4 Å². The fourth-order valence-corrected chi connectivity index (χ4v) is 2.90. The van der Waals surface area contributed by atoms with Gasteiger partial charge in [0.05, 0.1) is 6.42 Å². The molecule has 1 fully saturated rings. The first-order chi connectivity index (χ1) is 10.3. The highest BCUT2D eigenvalue weighted by molar-refractivity contribution is 5.76. The highest BCUT2D eigenvalue weighted by atomic mass is 19.4. The third-order valence-electron chi connectivity index (χ3n) is 4.02. The molecule has 22 heavy (non-hydrogen) atoms. The van der Waals surface area contributed by atoms with Gasteiger partial charge in [-0.1, -0.05) is 0 Å². The van der Waals surface area contributed by atoms with Gasteiger partial charge in [-0.05, 0) is 26.7 Å². The van der Waals surface area contributed by atoms with Crippen LogP contribution in [0.5, 0.6) is 0 Å². The van der Waals surface area contributed by atoms with Crippen LogP contribution in [0.3, 0.4) is 0 Å². The smallest absolute Gasteiger partial charge is 0.342 e. The summed E-state index contributed by atoms with van der Waals surface area (Å²) in [5, 5.41) is 0. The monoisotopic (exact) mass is 317 g/mol. The van der Waals surface area contributed by atoms with Crippen LogP contribution in [0.25, 0.3) is 0 Å². The molecule has 0 N–H and O–H groups in total. The predicted octanol–water partition coefficient (Wildman–Crippen LogP) is 3.51. The van der Waals surface area contributed by atoms with Gasteiger partial charge >= 0.3 is 6.18 Å². The molecule has 1 saturated heterocycles. The number of nitrogens with zero attached hydrogens (tertiary/aromatic N) is 3. The second-order valence-corrected chi connectivity index (χ2v) is 6.08. The average molecular weight is 317 g/mol. The Kier molecular flexibility index (Phi) is 5.13. The molecular formula is C15H22F3N3O. The predicted molar refractivity (Wildman–Crippen MR) is 76.5 cm³/mol. The lowest BCUT2D eigenvalue weighted by molar-refractivity contribution is -0.149. The highest BCUT2D eigenvalue weighted by Gasteiger charge is 2.32. The molecule has 4 nitrogen and oxygen atoms in total. The summed E-state index contributed by atoms with van der Waals surface area (Å²) in [7, 11) is 0. The summed E-state index contributed by atoms with van der Waals surface area (Å²) in [6.45, 7) is 5.11. The van der Waals surface area contributed by atoms with Crippen LogP contribution in [-0.2, 0) is 4.79 Å². The van der Waals surface area contributed by atoms with Crippen molar-refractivity contribution in [3.8, 4) is 0 Å². The largest absolute Gasteiger partial charge is 0.389 e. The lowest BCUT2D eigenvalue weighted by Crippen LogP contribution is -2.40. The van der Waals surface area contributed by atoms with Gasteiger partial charge in [0.2, 0.25) is 5.91 Å². The lowest BCUT2D eigenvalue weighted by Gasteiger charge is -2.33. The van der Waals surface area contributed by atoms with Crippen molar-refractivity contribution in [2.75, 3.05) is 13.1 Å². The topological polar surface area (TPSA) is 38.1 Å². The van der Waals surface area contributed by atoms with E-state index in [1.807, 2.05) is 6.20 Å². The molecule has 1 unspecified atom stereocenters. The van der Waals surface area contributed by atoms with Crippen LogP contribution in [0.2, 0.25) is 0 Å². The molecule has 7 heteroatoms. The Labute approximate surface area is 128 Å². The van der Waals surface area contributed by atoms with E-state index in [1.54, 1.807) is 11.1 Å². The summed E-state index contributed by atoms with van der Waals surface area (Å²) in [4.78, 5) is 17.9. The molecule has 1 aromatic rings. The molecule has 2 rings (SSSR count). The highest BCUT2D eigenvalue weighted by Crippen LogP contribution is 2.29. The Morgan fingerprint density at radius 1 is 1.45 bits per heavy atom. The molecule has 0 aromatic carbocycles. The summed E-state index contributed by atoms with van der Waals surface area (Å²) >= 11 is 0.